The van der Waals surface area contributed by atoms with Gasteiger partial charge < -0.3 is 35.5 Å². The predicted molar refractivity (Wildman–Crippen MR) is 155 cm³/mol. The van der Waals surface area contributed by atoms with Crippen molar-refractivity contribution in [2.24, 2.45) is 0 Å². The summed E-state index contributed by atoms with van der Waals surface area (Å²) in [6.07, 6.45) is 0.586. The highest BCUT2D eigenvalue weighted by molar-refractivity contribution is 6.01. The van der Waals surface area contributed by atoms with Gasteiger partial charge in [-0.2, -0.15) is 0 Å². The van der Waals surface area contributed by atoms with Gasteiger partial charge in [0.15, 0.2) is 5.75 Å². The van der Waals surface area contributed by atoms with Gasteiger partial charge in [-0.1, -0.05) is 43.3 Å². The fourth-order valence-electron chi connectivity index (χ4n) is 4.80. The quantitative estimate of drug-likeness (QED) is 0.217. The summed E-state index contributed by atoms with van der Waals surface area (Å²) in [4.78, 5) is 67.3. The van der Waals surface area contributed by atoms with Crippen LogP contribution in [0, 0.1) is 0 Å². The Kier molecular flexibility index (Phi) is 8.84. The molecule has 2 unspecified atom stereocenters. The molecule has 2 atom stereocenters. The van der Waals surface area contributed by atoms with Gasteiger partial charge in [0.1, 0.15) is 17.4 Å². The zero-order valence-electron chi connectivity index (χ0n) is 23.4. The molecule has 0 bridgehead atoms. The van der Waals surface area contributed by atoms with Crippen molar-refractivity contribution in [2.75, 3.05) is 44.4 Å². The molecule has 3 aromatic rings. The molecular weight excluding hydrogens is 546 g/mol. The Morgan fingerprint density at radius 3 is 2.29 bits per heavy atom. The Bertz CT molecular complexity index is 1590. The largest absolute Gasteiger partial charge is 0.505 e. The average Bonchev–Trinajstić information content (AvgIpc) is 2.99. The first kappa shape index (κ1) is 29.7. The number of H-pyrrole nitrogens is 2. The molecule has 0 saturated carbocycles. The standard InChI is InChI=1S/C28H33N7O7/c1-4-18(16-9-6-5-7-10-16)29-21-22(25(38)32-31-24(21)37)30-19-12-8-11-17(23(19)36)26(39)35-14-13-34(28(42)33(2)3)15-20(35)27(40)41/h5-12,18,20,36H,4,13-15H2,1-3H3,(H,40,41)(H2,29,32,38)(H2,30,31,37). The molecular formula is C28H33N7O7. The molecule has 1 aliphatic rings. The van der Waals surface area contributed by atoms with Crippen LogP contribution in [0.25, 0.3) is 0 Å². The van der Waals surface area contributed by atoms with E-state index in [1.807, 2.05) is 37.3 Å². The summed E-state index contributed by atoms with van der Waals surface area (Å²) >= 11 is 0. The van der Waals surface area contributed by atoms with Crippen LogP contribution in [-0.4, -0.2) is 92.8 Å². The van der Waals surface area contributed by atoms with Gasteiger partial charge in [-0.05, 0) is 24.1 Å². The van der Waals surface area contributed by atoms with E-state index in [0.29, 0.717) is 6.42 Å². The van der Waals surface area contributed by atoms with Gasteiger partial charge in [0, 0.05) is 27.2 Å². The molecule has 3 amide bonds. The lowest BCUT2D eigenvalue weighted by Crippen LogP contribution is -2.60. The summed E-state index contributed by atoms with van der Waals surface area (Å²) in [5, 5.41) is 31.4. The fraction of sp³-hybridized carbons (Fsp3) is 0.321. The molecule has 4 rings (SSSR count). The number of hydrogen-bond donors (Lipinski definition) is 6. The van der Waals surface area contributed by atoms with Gasteiger partial charge in [-0.25, -0.2) is 9.59 Å². The minimum atomic E-state index is -1.35. The van der Waals surface area contributed by atoms with Crippen molar-refractivity contribution in [3.8, 4) is 5.75 Å². The first-order valence-corrected chi connectivity index (χ1v) is 13.3. The maximum atomic E-state index is 13.5. The van der Waals surface area contributed by atoms with Crippen molar-refractivity contribution in [3.63, 3.8) is 0 Å². The zero-order valence-corrected chi connectivity index (χ0v) is 23.4. The molecule has 42 heavy (non-hydrogen) atoms. The molecule has 14 heteroatoms. The molecule has 1 aromatic heterocycles. The van der Waals surface area contributed by atoms with Crippen molar-refractivity contribution in [1.82, 2.24) is 24.9 Å². The van der Waals surface area contributed by atoms with Crippen LogP contribution in [0.1, 0.15) is 35.3 Å². The summed E-state index contributed by atoms with van der Waals surface area (Å²) in [6, 6.07) is 11.5. The number of rotatable bonds is 8. The number of carbonyl (C=O) groups excluding carboxylic acids is 2. The van der Waals surface area contributed by atoms with Gasteiger partial charge >= 0.3 is 12.0 Å². The van der Waals surface area contributed by atoms with Crippen LogP contribution in [0.15, 0.2) is 58.1 Å². The first-order chi connectivity index (χ1) is 20.0. The lowest BCUT2D eigenvalue weighted by Gasteiger charge is -2.40. The number of piperazine rings is 1. The van der Waals surface area contributed by atoms with Crippen molar-refractivity contribution in [2.45, 2.75) is 25.4 Å². The molecule has 222 valence electrons. The lowest BCUT2D eigenvalue weighted by atomic mass is 10.0. The van der Waals surface area contributed by atoms with Crippen LogP contribution in [-0.2, 0) is 4.79 Å². The van der Waals surface area contributed by atoms with Gasteiger partial charge in [-0.15, -0.1) is 0 Å². The first-order valence-electron chi connectivity index (χ1n) is 13.3. The van der Waals surface area contributed by atoms with E-state index in [1.165, 1.54) is 28.0 Å². The van der Waals surface area contributed by atoms with Gasteiger partial charge in [-0.3, -0.25) is 24.6 Å². The zero-order chi connectivity index (χ0) is 30.6. The van der Waals surface area contributed by atoms with E-state index < -0.39 is 34.8 Å². The molecule has 2 aromatic carbocycles. The number of amides is 3. The minimum absolute atomic E-state index is 0.0546. The second-order valence-electron chi connectivity index (χ2n) is 9.98. The van der Waals surface area contributed by atoms with Gasteiger partial charge in [0.05, 0.1) is 23.8 Å². The molecule has 1 fully saturated rings. The number of para-hydroxylation sites is 1. The summed E-state index contributed by atoms with van der Waals surface area (Å²) in [5.41, 5.74) is -0.950. The molecule has 14 nitrogen and oxygen atoms in total. The van der Waals surface area contributed by atoms with Crippen LogP contribution in [0.3, 0.4) is 0 Å². The second-order valence-corrected chi connectivity index (χ2v) is 9.98. The number of aliphatic carboxylic acids is 1. The van der Waals surface area contributed by atoms with E-state index in [9.17, 15) is 34.2 Å². The van der Waals surface area contributed by atoms with Crippen LogP contribution in [0.5, 0.6) is 5.75 Å². The van der Waals surface area contributed by atoms with Crippen LogP contribution in [0.2, 0.25) is 0 Å². The Balaban J connectivity index is 1.64. The van der Waals surface area contributed by atoms with E-state index in [0.717, 1.165) is 10.5 Å². The van der Waals surface area contributed by atoms with Crippen molar-refractivity contribution in [3.05, 3.63) is 80.4 Å². The third kappa shape index (κ3) is 6.06. The molecule has 0 radical (unpaired) electrons. The number of carbonyl (C=O) groups is 3. The normalized spacial score (nSPS) is 15.5. The number of carboxylic acids is 1. The van der Waals surface area contributed by atoms with Crippen molar-refractivity contribution < 1.29 is 24.6 Å². The SMILES string of the molecule is CCC(Nc1c(Nc2cccc(C(=O)N3CCN(C(=O)N(C)C)CC3C(=O)O)c2O)c(=O)[nH][nH]c1=O)c1ccccc1. The number of aromatic hydroxyl groups is 1. The highest BCUT2D eigenvalue weighted by Crippen LogP contribution is 2.33. The van der Waals surface area contributed by atoms with Crippen LogP contribution >= 0.6 is 0 Å². The molecule has 0 aliphatic carbocycles. The number of aromatic nitrogens is 2. The molecule has 0 spiro atoms. The van der Waals surface area contributed by atoms with E-state index in [4.69, 9.17) is 0 Å². The number of nitrogens with one attached hydrogen (secondary N) is 4. The highest BCUT2D eigenvalue weighted by Gasteiger charge is 2.38. The van der Waals surface area contributed by atoms with Crippen molar-refractivity contribution >= 4 is 35.0 Å². The average molecular weight is 580 g/mol. The Morgan fingerprint density at radius 1 is 1.00 bits per heavy atom. The Hall–Kier alpha value is -5.27. The summed E-state index contributed by atoms with van der Waals surface area (Å²) in [5.74, 6) is -2.61. The number of anilines is 3. The Morgan fingerprint density at radius 2 is 1.67 bits per heavy atom. The number of urea groups is 1. The van der Waals surface area contributed by atoms with E-state index in [-0.39, 0.29) is 54.3 Å². The maximum Gasteiger partial charge on any atom is 0.328 e. The summed E-state index contributed by atoms with van der Waals surface area (Å²) < 4.78 is 0. The second kappa shape index (κ2) is 12.5. The number of benzene rings is 2. The van der Waals surface area contributed by atoms with E-state index in [1.54, 1.807) is 14.1 Å². The van der Waals surface area contributed by atoms with Crippen molar-refractivity contribution in [1.29, 1.82) is 0 Å². The fourth-order valence-corrected chi connectivity index (χ4v) is 4.80. The Labute approximate surface area is 240 Å². The van der Waals surface area contributed by atoms with Gasteiger partial charge in [0.25, 0.3) is 17.0 Å². The number of phenolic OH excluding ortho intramolecular Hbond substituents is 1. The topological polar surface area (TPSA) is 191 Å². The monoisotopic (exact) mass is 579 g/mol. The third-order valence-corrected chi connectivity index (χ3v) is 7.03. The minimum Gasteiger partial charge on any atom is -0.505 e. The van der Waals surface area contributed by atoms with Gasteiger partial charge in [0.2, 0.25) is 0 Å². The molecule has 6 N–H and O–H groups in total. The highest BCUT2D eigenvalue weighted by atomic mass is 16.4. The number of carboxylic acid groups (broad SMARTS) is 1. The molecule has 1 saturated heterocycles. The summed E-state index contributed by atoms with van der Waals surface area (Å²) in [6.45, 7) is 1.71. The molecule has 1 aliphatic heterocycles. The lowest BCUT2D eigenvalue weighted by molar-refractivity contribution is -0.144. The van der Waals surface area contributed by atoms with Crippen LogP contribution < -0.4 is 21.8 Å². The van der Waals surface area contributed by atoms with E-state index >= 15 is 0 Å². The number of nitrogens with zero attached hydrogens (tertiary/aromatic N) is 3. The predicted octanol–water partition coefficient (Wildman–Crippen LogP) is 1.97. The molecule has 2 heterocycles. The number of aromatic amines is 2. The van der Waals surface area contributed by atoms with Crippen LogP contribution in [0.4, 0.5) is 21.9 Å². The smallest absolute Gasteiger partial charge is 0.328 e. The number of hydrogen-bond acceptors (Lipinski definition) is 8. The summed E-state index contributed by atoms with van der Waals surface area (Å²) in [7, 11) is 3.09. The third-order valence-electron chi connectivity index (χ3n) is 7.03. The number of phenols is 1. The maximum absolute atomic E-state index is 13.5. The van der Waals surface area contributed by atoms with E-state index in [2.05, 4.69) is 20.8 Å².